The highest BCUT2D eigenvalue weighted by atomic mass is 35.5. The van der Waals surface area contributed by atoms with E-state index in [0.717, 1.165) is 29.9 Å². The number of para-hydroxylation sites is 1. The van der Waals surface area contributed by atoms with Crippen LogP contribution in [0.25, 0.3) is 5.65 Å². The van der Waals surface area contributed by atoms with Crippen LogP contribution in [0.2, 0.25) is 5.02 Å². The summed E-state index contributed by atoms with van der Waals surface area (Å²) < 4.78 is 6.99. The van der Waals surface area contributed by atoms with Crippen molar-refractivity contribution >= 4 is 23.2 Å². The predicted molar refractivity (Wildman–Crippen MR) is 83.2 cm³/mol. The van der Waals surface area contributed by atoms with Gasteiger partial charge in [0, 0.05) is 12.7 Å². The molecule has 3 rings (SSSR count). The van der Waals surface area contributed by atoms with Gasteiger partial charge in [-0.15, -0.1) is 5.10 Å². The zero-order valence-electron chi connectivity index (χ0n) is 11.6. The van der Waals surface area contributed by atoms with Gasteiger partial charge in [-0.1, -0.05) is 29.8 Å². The second kappa shape index (κ2) is 6.01. The Morgan fingerprint density at radius 2 is 2.10 bits per heavy atom. The van der Waals surface area contributed by atoms with Crippen LogP contribution < -0.4 is 10.1 Å². The lowest BCUT2D eigenvalue weighted by Crippen LogP contribution is -2.07. The molecule has 108 valence electrons. The van der Waals surface area contributed by atoms with Gasteiger partial charge >= 0.3 is 0 Å². The molecular weight excluding hydrogens is 288 g/mol. The van der Waals surface area contributed by atoms with Gasteiger partial charge in [0.2, 0.25) is 5.95 Å². The fraction of sp³-hybridized carbons (Fsp3) is 0.200. The van der Waals surface area contributed by atoms with Crippen molar-refractivity contribution in [3.8, 4) is 5.75 Å². The molecule has 0 aliphatic carbocycles. The van der Waals surface area contributed by atoms with E-state index in [1.165, 1.54) is 0 Å². The number of pyridine rings is 1. The number of hydrogen-bond acceptors (Lipinski definition) is 4. The number of anilines is 1. The Morgan fingerprint density at radius 1 is 1.24 bits per heavy atom. The molecule has 1 aromatic carbocycles. The fourth-order valence-electron chi connectivity index (χ4n) is 2.15. The lowest BCUT2D eigenvalue weighted by atomic mass is 10.1. The van der Waals surface area contributed by atoms with E-state index in [1.54, 1.807) is 23.9 Å². The molecule has 21 heavy (non-hydrogen) atoms. The van der Waals surface area contributed by atoms with Crippen molar-refractivity contribution in [2.45, 2.75) is 6.42 Å². The molecule has 3 aromatic rings. The van der Waals surface area contributed by atoms with Gasteiger partial charge in [0.1, 0.15) is 5.75 Å². The molecule has 0 spiro atoms. The van der Waals surface area contributed by atoms with Gasteiger partial charge in [-0.25, -0.2) is 4.52 Å². The van der Waals surface area contributed by atoms with Crippen LogP contribution in [0.3, 0.4) is 0 Å². The zero-order chi connectivity index (χ0) is 14.7. The summed E-state index contributed by atoms with van der Waals surface area (Å²) in [7, 11) is 1.68. The Labute approximate surface area is 127 Å². The molecule has 0 bridgehead atoms. The van der Waals surface area contributed by atoms with Crippen molar-refractivity contribution in [3.63, 3.8) is 0 Å². The summed E-state index contributed by atoms with van der Waals surface area (Å²) >= 11 is 5.92. The molecule has 6 heteroatoms. The molecule has 0 unspecified atom stereocenters. The third-order valence-electron chi connectivity index (χ3n) is 3.16. The maximum atomic E-state index is 5.92. The summed E-state index contributed by atoms with van der Waals surface area (Å²) in [4.78, 5) is 4.38. The third kappa shape index (κ3) is 3.08. The minimum atomic E-state index is 0.590. The highest BCUT2D eigenvalue weighted by Crippen LogP contribution is 2.18. The van der Waals surface area contributed by atoms with E-state index in [-0.39, 0.29) is 0 Å². The summed E-state index contributed by atoms with van der Waals surface area (Å²) in [6, 6.07) is 11.6. The molecule has 0 fully saturated rings. The van der Waals surface area contributed by atoms with Crippen molar-refractivity contribution in [3.05, 3.63) is 53.2 Å². The van der Waals surface area contributed by atoms with Crippen LogP contribution in [0.5, 0.6) is 5.75 Å². The van der Waals surface area contributed by atoms with E-state index in [0.29, 0.717) is 11.0 Å². The van der Waals surface area contributed by atoms with Gasteiger partial charge in [-0.05, 0) is 30.2 Å². The number of hydrogen-bond donors (Lipinski definition) is 1. The predicted octanol–water partition coefficient (Wildman–Crippen LogP) is 3.05. The first-order chi connectivity index (χ1) is 10.3. The largest absolute Gasteiger partial charge is 0.496 e. The molecule has 0 aliphatic heterocycles. The summed E-state index contributed by atoms with van der Waals surface area (Å²) in [5.41, 5.74) is 1.92. The molecule has 0 aliphatic rings. The highest BCUT2D eigenvalue weighted by Gasteiger charge is 2.05. The molecule has 0 amide bonds. The molecule has 2 heterocycles. The number of nitrogens with zero attached hydrogens (tertiary/aromatic N) is 3. The normalized spacial score (nSPS) is 10.8. The monoisotopic (exact) mass is 302 g/mol. The van der Waals surface area contributed by atoms with Gasteiger partial charge < -0.3 is 10.1 Å². The Hall–Kier alpha value is -2.27. The first-order valence-corrected chi connectivity index (χ1v) is 7.02. The quantitative estimate of drug-likeness (QED) is 0.787. The van der Waals surface area contributed by atoms with Crippen LogP contribution in [-0.4, -0.2) is 28.3 Å². The van der Waals surface area contributed by atoms with Gasteiger partial charge in [0.05, 0.1) is 12.1 Å². The van der Waals surface area contributed by atoms with Crippen LogP contribution >= 0.6 is 11.6 Å². The second-order valence-corrected chi connectivity index (χ2v) is 5.01. The van der Waals surface area contributed by atoms with Crippen molar-refractivity contribution < 1.29 is 4.74 Å². The number of benzene rings is 1. The van der Waals surface area contributed by atoms with Crippen LogP contribution in [0.15, 0.2) is 42.6 Å². The average molecular weight is 303 g/mol. The fourth-order valence-corrected chi connectivity index (χ4v) is 2.31. The Balaban J connectivity index is 1.66. The highest BCUT2D eigenvalue weighted by molar-refractivity contribution is 6.30. The lowest BCUT2D eigenvalue weighted by Gasteiger charge is -2.07. The topological polar surface area (TPSA) is 51.5 Å². The summed E-state index contributed by atoms with van der Waals surface area (Å²) in [5, 5.41) is 8.17. The zero-order valence-corrected chi connectivity index (χ0v) is 12.3. The van der Waals surface area contributed by atoms with Gasteiger partial charge in [0.15, 0.2) is 5.65 Å². The molecule has 0 atom stereocenters. The Kier molecular flexibility index (Phi) is 3.92. The molecule has 2 aromatic heterocycles. The van der Waals surface area contributed by atoms with Crippen LogP contribution in [-0.2, 0) is 6.42 Å². The molecule has 5 nitrogen and oxygen atoms in total. The minimum Gasteiger partial charge on any atom is -0.496 e. The van der Waals surface area contributed by atoms with Gasteiger partial charge in [-0.3, -0.25) is 0 Å². The standard InChI is InChI=1S/C15H15ClN4O/c1-21-13-5-3-2-4-11(13)8-9-17-15-18-14-7-6-12(16)10-20(14)19-15/h2-7,10H,8-9H2,1H3,(H,17,19). The summed E-state index contributed by atoms with van der Waals surface area (Å²) in [5.74, 6) is 1.49. The third-order valence-corrected chi connectivity index (χ3v) is 3.39. The van der Waals surface area contributed by atoms with Gasteiger partial charge in [-0.2, -0.15) is 4.98 Å². The molecule has 1 N–H and O–H groups in total. The number of nitrogens with one attached hydrogen (secondary N) is 1. The molecule has 0 saturated heterocycles. The molecular formula is C15H15ClN4O. The van der Waals surface area contributed by atoms with E-state index in [1.807, 2.05) is 24.3 Å². The van der Waals surface area contributed by atoms with E-state index in [2.05, 4.69) is 21.5 Å². The first kappa shape index (κ1) is 13.7. The van der Waals surface area contributed by atoms with E-state index >= 15 is 0 Å². The molecule has 0 saturated carbocycles. The van der Waals surface area contributed by atoms with Gasteiger partial charge in [0.25, 0.3) is 0 Å². The number of halogens is 1. The van der Waals surface area contributed by atoms with Crippen LogP contribution in [0.4, 0.5) is 5.95 Å². The maximum absolute atomic E-state index is 5.92. The van der Waals surface area contributed by atoms with Crippen LogP contribution in [0, 0.1) is 0 Å². The average Bonchev–Trinajstić information content (AvgIpc) is 2.89. The second-order valence-electron chi connectivity index (χ2n) is 4.57. The lowest BCUT2D eigenvalue weighted by molar-refractivity contribution is 0.410. The Bertz CT molecular complexity index is 756. The minimum absolute atomic E-state index is 0.590. The van der Waals surface area contributed by atoms with Crippen molar-refractivity contribution in [1.29, 1.82) is 0 Å². The van der Waals surface area contributed by atoms with E-state index in [4.69, 9.17) is 16.3 Å². The van der Waals surface area contributed by atoms with Crippen molar-refractivity contribution in [1.82, 2.24) is 14.6 Å². The number of rotatable bonds is 5. The van der Waals surface area contributed by atoms with E-state index < -0.39 is 0 Å². The van der Waals surface area contributed by atoms with Crippen molar-refractivity contribution in [2.75, 3.05) is 19.0 Å². The number of fused-ring (bicyclic) bond motifs is 1. The first-order valence-electron chi connectivity index (χ1n) is 6.64. The Morgan fingerprint density at radius 3 is 2.95 bits per heavy atom. The number of aromatic nitrogens is 3. The summed E-state index contributed by atoms with van der Waals surface area (Å²) in [6.07, 6.45) is 2.57. The number of ether oxygens (including phenoxy) is 1. The summed E-state index contributed by atoms with van der Waals surface area (Å²) in [6.45, 7) is 0.727. The number of methoxy groups -OCH3 is 1. The van der Waals surface area contributed by atoms with Crippen LogP contribution in [0.1, 0.15) is 5.56 Å². The maximum Gasteiger partial charge on any atom is 0.243 e. The molecule has 0 radical (unpaired) electrons. The smallest absolute Gasteiger partial charge is 0.243 e. The van der Waals surface area contributed by atoms with E-state index in [9.17, 15) is 0 Å². The SMILES string of the molecule is COc1ccccc1CCNc1nc2ccc(Cl)cn2n1. The van der Waals surface area contributed by atoms with Crippen molar-refractivity contribution in [2.24, 2.45) is 0 Å².